The number of nitrogens with zero attached hydrogens (tertiary/aromatic N) is 3. The van der Waals surface area contributed by atoms with Crippen LogP contribution in [0.1, 0.15) is 26.7 Å². The molecule has 0 atom stereocenters. The topological polar surface area (TPSA) is 139 Å². The fourth-order valence-corrected chi connectivity index (χ4v) is 1.68. The molecule has 0 spiro atoms. The third kappa shape index (κ3) is 4.59. The molecule has 0 aromatic carbocycles. The van der Waals surface area contributed by atoms with E-state index < -0.39 is 4.92 Å². The molecule has 1 heterocycles. The highest BCUT2D eigenvalue weighted by atomic mass is 16.6. The highest BCUT2D eigenvalue weighted by molar-refractivity contribution is 5.56. The van der Waals surface area contributed by atoms with Crippen LogP contribution in [0.15, 0.2) is 6.20 Å². The molecule has 112 valence electrons. The average Bonchev–Trinajstić information content (AvgIpc) is 2.42. The molecular weight excluding hydrogens is 264 g/mol. The van der Waals surface area contributed by atoms with Gasteiger partial charge in [-0.05, 0) is 18.3 Å². The smallest absolute Gasteiger partial charge is 0.329 e. The Morgan fingerprint density at radius 1 is 1.55 bits per heavy atom. The molecule has 0 aliphatic rings. The number of nitrogen functional groups attached to an aromatic ring is 1. The summed E-state index contributed by atoms with van der Waals surface area (Å²) < 4.78 is 0. The van der Waals surface area contributed by atoms with E-state index in [0.717, 1.165) is 12.6 Å². The summed E-state index contributed by atoms with van der Waals surface area (Å²) in [6.07, 6.45) is 2.57. The van der Waals surface area contributed by atoms with E-state index in [-0.39, 0.29) is 29.5 Å². The second-order valence-corrected chi connectivity index (χ2v) is 5.17. The van der Waals surface area contributed by atoms with E-state index in [9.17, 15) is 10.1 Å². The summed E-state index contributed by atoms with van der Waals surface area (Å²) in [5.41, 5.74) is 1.91. The number of anilines is 2. The quantitative estimate of drug-likeness (QED) is 0.313. The molecule has 1 aromatic heterocycles. The molecule has 0 bridgehead atoms. The van der Waals surface area contributed by atoms with Crippen molar-refractivity contribution in [2.75, 3.05) is 23.9 Å². The van der Waals surface area contributed by atoms with Gasteiger partial charge in [0.25, 0.3) is 0 Å². The lowest BCUT2D eigenvalue weighted by Gasteiger charge is -2.24. The molecule has 20 heavy (non-hydrogen) atoms. The number of hydrazine groups is 1. The van der Waals surface area contributed by atoms with Gasteiger partial charge >= 0.3 is 5.69 Å². The van der Waals surface area contributed by atoms with Crippen LogP contribution in [0.25, 0.3) is 0 Å². The zero-order valence-electron chi connectivity index (χ0n) is 11.6. The number of nitrogens with two attached hydrogens (primary N) is 1. The number of nitro groups is 1. The van der Waals surface area contributed by atoms with E-state index in [1.165, 1.54) is 0 Å². The first-order valence-corrected chi connectivity index (χ1v) is 6.22. The summed E-state index contributed by atoms with van der Waals surface area (Å²) in [6, 6.07) is 0. The van der Waals surface area contributed by atoms with Gasteiger partial charge in [0.15, 0.2) is 0 Å². The van der Waals surface area contributed by atoms with Gasteiger partial charge in [-0.15, -0.1) is 0 Å². The van der Waals surface area contributed by atoms with Gasteiger partial charge in [0.05, 0.1) is 4.92 Å². The van der Waals surface area contributed by atoms with Crippen LogP contribution in [-0.4, -0.2) is 33.1 Å². The largest absolute Gasteiger partial charge is 0.396 e. The molecule has 5 N–H and O–H groups in total. The number of hydrogen-bond donors (Lipinski definition) is 4. The third-order valence-electron chi connectivity index (χ3n) is 2.84. The average molecular weight is 284 g/mol. The molecule has 0 radical (unpaired) electrons. The Labute approximate surface area is 116 Å². The summed E-state index contributed by atoms with van der Waals surface area (Å²) in [6.45, 7) is 4.61. The number of rotatable bonds is 8. The molecular formula is C11H20N6O3. The summed E-state index contributed by atoms with van der Waals surface area (Å²) in [4.78, 5) is 18.0. The highest BCUT2D eigenvalue weighted by Crippen LogP contribution is 2.26. The second-order valence-electron chi connectivity index (χ2n) is 5.17. The van der Waals surface area contributed by atoms with Gasteiger partial charge in [-0.1, -0.05) is 13.8 Å². The van der Waals surface area contributed by atoms with E-state index in [1.54, 1.807) is 0 Å². The molecule has 9 heteroatoms. The van der Waals surface area contributed by atoms with Crippen LogP contribution in [0.4, 0.5) is 17.5 Å². The number of nitrogens with one attached hydrogen (secondary N) is 2. The monoisotopic (exact) mass is 284 g/mol. The first-order valence-electron chi connectivity index (χ1n) is 6.22. The third-order valence-corrected chi connectivity index (χ3v) is 2.84. The predicted molar refractivity (Wildman–Crippen MR) is 75.1 cm³/mol. The molecule has 0 aliphatic heterocycles. The van der Waals surface area contributed by atoms with Crippen molar-refractivity contribution < 1.29 is 10.0 Å². The maximum Gasteiger partial charge on any atom is 0.329 e. The molecule has 9 nitrogen and oxygen atoms in total. The number of aromatic nitrogens is 2. The van der Waals surface area contributed by atoms with Crippen LogP contribution in [0.3, 0.4) is 0 Å². The van der Waals surface area contributed by atoms with Crippen molar-refractivity contribution in [1.82, 2.24) is 9.97 Å². The fraction of sp³-hybridized carbons (Fsp3) is 0.636. The summed E-state index contributed by atoms with van der Waals surface area (Å²) in [5, 5.41) is 22.7. The first-order chi connectivity index (χ1) is 9.39. The van der Waals surface area contributed by atoms with Crippen molar-refractivity contribution in [3.63, 3.8) is 0 Å². The van der Waals surface area contributed by atoms with Gasteiger partial charge in [-0.2, -0.15) is 4.98 Å². The molecule has 0 aliphatic carbocycles. The minimum Gasteiger partial charge on any atom is -0.396 e. The minimum absolute atomic E-state index is 0.103. The van der Waals surface area contributed by atoms with Gasteiger partial charge < -0.3 is 10.4 Å². The normalized spacial score (nSPS) is 11.2. The van der Waals surface area contributed by atoms with Crippen molar-refractivity contribution in [3.8, 4) is 0 Å². The Bertz CT molecular complexity index is 465. The summed E-state index contributed by atoms with van der Waals surface area (Å²) >= 11 is 0. The molecule has 1 rings (SSSR count). The number of aliphatic hydroxyl groups is 1. The van der Waals surface area contributed by atoms with Gasteiger partial charge in [0, 0.05) is 13.2 Å². The number of hydrogen-bond acceptors (Lipinski definition) is 8. The van der Waals surface area contributed by atoms with E-state index in [2.05, 4.69) is 20.7 Å². The van der Waals surface area contributed by atoms with Crippen molar-refractivity contribution in [1.29, 1.82) is 0 Å². The Kier molecular flexibility index (Phi) is 5.59. The Morgan fingerprint density at radius 3 is 2.80 bits per heavy atom. The first kappa shape index (κ1) is 16.1. The van der Waals surface area contributed by atoms with Crippen molar-refractivity contribution >= 4 is 17.5 Å². The van der Waals surface area contributed by atoms with Crippen LogP contribution >= 0.6 is 0 Å². The van der Waals surface area contributed by atoms with Gasteiger partial charge in [-0.25, -0.2) is 10.8 Å². The van der Waals surface area contributed by atoms with E-state index in [0.29, 0.717) is 13.0 Å². The molecule has 1 aromatic rings. The van der Waals surface area contributed by atoms with Gasteiger partial charge in [0.2, 0.25) is 11.8 Å². The molecule has 0 unspecified atom stereocenters. The van der Waals surface area contributed by atoms with Crippen molar-refractivity contribution in [2.45, 2.75) is 26.7 Å². The van der Waals surface area contributed by atoms with Crippen molar-refractivity contribution in [3.05, 3.63) is 16.3 Å². The van der Waals surface area contributed by atoms with Crippen LogP contribution in [0, 0.1) is 15.5 Å². The zero-order valence-corrected chi connectivity index (χ0v) is 11.6. The standard InChI is InChI=1S/C11H20N6O3/c1-11(2,4-3-5-18)7-14-9-8(17(19)20)6-13-10(15-9)16-12/h6,18H,3-5,7,12H2,1-2H3,(H2,13,14,15,16). The number of aliphatic hydroxyl groups excluding tert-OH is 1. The Morgan fingerprint density at radius 2 is 2.25 bits per heavy atom. The van der Waals surface area contributed by atoms with E-state index >= 15 is 0 Å². The Balaban J connectivity index is 2.82. The fourth-order valence-electron chi connectivity index (χ4n) is 1.68. The predicted octanol–water partition coefficient (Wildman–Crippen LogP) is 0.881. The van der Waals surface area contributed by atoms with E-state index in [4.69, 9.17) is 10.9 Å². The maximum atomic E-state index is 10.9. The molecule has 0 saturated heterocycles. The van der Waals surface area contributed by atoms with E-state index in [1.807, 2.05) is 13.8 Å². The van der Waals surface area contributed by atoms with Crippen LogP contribution < -0.4 is 16.6 Å². The zero-order chi connectivity index (χ0) is 15.2. The second kappa shape index (κ2) is 6.96. The lowest BCUT2D eigenvalue weighted by Crippen LogP contribution is -2.24. The minimum atomic E-state index is -0.552. The Hall–Kier alpha value is -2.00. The van der Waals surface area contributed by atoms with Crippen LogP contribution in [-0.2, 0) is 0 Å². The van der Waals surface area contributed by atoms with Crippen molar-refractivity contribution in [2.24, 2.45) is 11.3 Å². The van der Waals surface area contributed by atoms with Crippen LogP contribution in [0.5, 0.6) is 0 Å². The summed E-state index contributed by atoms with van der Waals surface area (Å²) in [5.74, 6) is 5.42. The molecule has 0 saturated carbocycles. The highest BCUT2D eigenvalue weighted by Gasteiger charge is 2.21. The summed E-state index contributed by atoms with van der Waals surface area (Å²) in [7, 11) is 0. The SMILES string of the molecule is CC(C)(CCCO)CNc1nc(NN)ncc1[N+](=O)[O-]. The molecule has 0 amide bonds. The molecule has 0 fully saturated rings. The van der Waals surface area contributed by atoms with Gasteiger partial charge in [-0.3, -0.25) is 15.5 Å². The van der Waals surface area contributed by atoms with Crippen LogP contribution in [0.2, 0.25) is 0 Å². The van der Waals surface area contributed by atoms with Gasteiger partial charge in [0.1, 0.15) is 6.20 Å². The lowest BCUT2D eigenvalue weighted by atomic mass is 9.88. The maximum absolute atomic E-state index is 10.9. The lowest BCUT2D eigenvalue weighted by molar-refractivity contribution is -0.384.